The standard InChI is InChI=1S/C71H47N4/c1-73-66-41-47(37-39-64(66)72-70(73)45-19-5-3-6-20-45)51-27-16-29-54-59(51)42-58-50(46-34-35-48-43-75(74(2)65(48)40-46)49-21-7-4-8-22-49)26-15-28-53(58)67(54)57-30-17-33-62-69(57)56-25-12-14-32-61(56)71(62)60-31-13-11-24-55(60)68-52-23-10-9-18-44(52)36-38-63(68)71/h3-43H,1-2H3/q+1. The Morgan fingerprint density at radius 3 is 1.65 bits per heavy atom. The Hall–Kier alpha value is -9.64. The van der Waals surface area contributed by atoms with Gasteiger partial charge in [-0.15, -0.1) is 0 Å². The first-order chi connectivity index (χ1) is 37.0. The van der Waals surface area contributed by atoms with Crippen molar-refractivity contribution in [2.45, 2.75) is 5.41 Å². The molecule has 0 amide bonds. The molecule has 0 saturated carbocycles. The molecule has 75 heavy (non-hydrogen) atoms. The molecule has 4 nitrogen and oxygen atoms in total. The Morgan fingerprint density at radius 1 is 0.360 bits per heavy atom. The number of nitrogens with zero attached hydrogens (tertiary/aromatic N) is 4. The van der Waals surface area contributed by atoms with Crippen LogP contribution in [0.3, 0.4) is 0 Å². The Balaban J connectivity index is 0.991. The second kappa shape index (κ2) is 15.7. The number of fused-ring (bicyclic) bond motifs is 16. The predicted molar refractivity (Wildman–Crippen MR) is 309 cm³/mol. The first-order valence-electron chi connectivity index (χ1n) is 26.0. The molecule has 0 N–H and O–H groups in total. The first-order valence-corrected chi connectivity index (χ1v) is 26.0. The first kappa shape index (κ1) is 41.9. The molecule has 2 aliphatic rings. The minimum Gasteiger partial charge on any atom is -0.327 e. The minimum atomic E-state index is -0.507. The molecule has 2 aliphatic carbocycles. The van der Waals surface area contributed by atoms with Crippen LogP contribution in [-0.2, 0) is 19.5 Å². The summed E-state index contributed by atoms with van der Waals surface area (Å²) in [6.07, 6.45) is 2.24. The molecule has 2 aromatic heterocycles. The summed E-state index contributed by atoms with van der Waals surface area (Å²) < 4.78 is 6.74. The third kappa shape index (κ3) is 5.77. The van der Waals surface area contributed by atoms with E-state index < -0.39 is 5.41 Å². The largest absolute Gasteiger partial charge is 0.327 e. The number of aromatic nitrogens is 4. The molecule has 0 bridgehead atoms. The summed E-state index contributed by atoms with van der Waals surface area (Å²) in [5.74, 6) is 0.958. The van der Waals surface area contributed by atoms with Gasteiger partial charge in [-0.2, -0.15) is 4.68 Å². The number of aryl methyl sites for hydroxylation is 2. The molecule has 2 heterocycles. The van der Waals surface area contributed by atoms with Gasteiger partial charge in [-0.3, -0.25) is 0 Å². The van der Waals surface area contributed by atoms with Gasteiger partial charge in [0.2, 0.25) is 11.9 Å². The lowest BCUT2D eigenvalue weighted by Crippen LogP contribution is -2.38. The molecule has 0 saturated heterocycles. The molecule has 0 radical (unpaired) electrons. The average molecular weight is 956 g/mol. The lowest BCUT2D eigenvalue weighted by Gasteiger charge is -2.30. The van der Waals surface area contributed by atoms with Crippen molar-refractivity contribution in [1.29, 1.82) is 0 Å². The van der Waals surface area contributed by atoms with Crippen LogP contribution in [0.15, 0.2) is 249 Å². The van der Waals surface area contributed by atoms with Crippen molar-refractivity contribution in [3.63, 3.8) is 0 Å². The van der Waals surface area contributed by atoms with Crippen LogP contribution in [-0.4, -0.2) is 14.2 Å². The van der Waals surface area contributed by atoms with Gasteiger partial charge in [0.1, 0.15) is 11.3 Å². The molecule has 16 rings (SSSR count). The van der Waals surface area contributed by atoms with Gasteiger partial charge in [0, 0.05) is 24.7 Å². The summed E-state index contributed by atoms with van der Waals surface area (Å²) in [4.78, 5) is 5.15. The summed E-state index contributed by atoms with van der Waals surface area (Å²) >= 11 is 0. The summed E-state index contributed by atoms with van der Waals surface area (Å²) in [7, 11) is 4.30. The zero-order valence-corrected chi connectivity index (χ0v) is 41.5. The van der Waals surface area contributed by atoms with Crippen molar-refractivity contribution in [2.75, 3.05) is 0 Å². The van der Waals surface area contributed by atoms with Crippen LogP contribution >= 0.6 is 0 Å². The van der Waals surface area contributed by atoms with Gasteiger partial charge in [0.25, 0.3) is 0 Å². The topological polar surface area (TPSA) is 26.6 Å². The fourth-order valence-electron chi connectivity index (χ4n) is 13.6. The van der Waals surface area contributed by atoms with Crippen molar-refractivity contribution in [1.82, 2.24) is 14.2 Å². The summed E-state index contributed by atoms with van der Waals surface area (Å²) in [6, 6.07) is 90.5. The van der Waals surface area contributed by atoms with Crippen molar-refractivity contribution >= 4 is 54.3 Å². The van der Waals surface area contributed by atoms with E-state index in [1.54, 1.807) is 0 Å². The third-order valence-electron chi connectivity index (χ3n) is 16.8. The quantitative estimate of drug-likeness (QED) is 0.125. The van der Waals surface area contributed by atoms with Gasteiger partial charge in [0.15, 0.2) is 0 Å². The SMILES string of the molecule is Cn1c(-c2ccccc2)nc2ccc(-c3cccc4c(-c5cccc6c5-c5ccccc5C65c6ccccc6-c6c5ccc5ccccc65)c5cccc(-c6ccc7c[n+](-c8ccccc8)n(C)c7c6)c5cc34)cc21. The van der Waals surface area contributed by atoms with Gasteiger partial charge in [-0.05, 0) is 141 Å². The van der Waals surface area contributed by atoms with Gasteiger partial charge in [-0.25, -0.2) is 4.98 Å². The van der Waals surface area contributed by atoms with Crippen molar-refractivity contribution in [3.05, 3.63) is 271 Å². The van der Waals surface area contributed by atoms with E-state index in [9.17, 15) is 0 Å². The zero-order valence-electron chi connectivity index (χ0n) is 41.5. The van der Waals surface area contributed by atoms with Crippen LogP contribution in [0.2, 0.25) is 0 Å². The van der Waals surface area contributed by atoms with Crippen LogP contribution in [0.1, 0.15) is 22.3 Å². The van der Waals surface area contributed by atoms with Crippen LogP contribution in [0.5, 0.6) is 0 Å². The number of benzene rings is 12. The maximum absolute atomic E-state index is 5.15. The fourth-order valence-corrected chi connectivity index (χ4v) is 13.6. The Bertz CT molecular complexity index is 4550. The Kier molecular flexibility index (Phi) is 8.77. The molecule has 1 unspecified atom stereocenters. The highest BCUT2D eigenvalue weighted by molar-refractivity contribution is 6.21. The van der Waals surface area contributed by atoms with E-state index in [1.807, 2.05) is 0 Å². The zero-order chi connectivity index (χ0) is 49.5. The van der Waals surface area contributed by atoms with E-state index in [0.29, 0.717) is 0 Å². The molecule has 1 atom stereocenters. The summed E-state index contributed by atoms with van der Waals surface area (Å²) in [6.45, 7) is 0. The van der Waals surface area contributed by atoms with E-state index in [0.717, 1.165) is 33.7 Å². The van der Waals surface area contributed by atoms with Gasteiger partial charge < -0.3 is 4.57 Å². The second-order valence-electron chi connectivity index (χ2n) is 20.5. The number of imidazole rings is 1. The van der Waals surface area contributed by atoms with E-state index in [4.69, 9.17) is 4.98 Å². The summed E-state index contributed by atoms with van der Waals surface area (Å²) in [5.41, 5.74) is 22.8. The van der Waals surface area contributed by atoms with Crippen LogP contribution in [0, 0.1) is 0 Å². The molecular weight excluding hydrogens is 909 g/mol. The Morgan fingerprint density at radius 2 is 0.907 bits per heavy atom. The van der Waals surface area contributed by atoms with Gasteiger partial charge in [0.05, 0.1) is 28.9 Å². The molecule has 0 fully saturated rings. The van der Waals surface area contributed by atoms with E-state index in [1.165, 1.54) is 116 Å². The highest BCUT2D eigenvalue weighted by Crippen LogP contribution is 2.65. The normalized spacial score (nSPS) is 14.3. The lowest BCUT2D eigenvalue weighted by molar-refractivity contribution is -0.679. The minimum absolute atomic E-state index is 0.507. The maximum Gasteiger partial charge on any atom is 0.235 e. The molecule has 0 aliphatic heterocycles. The van der Waals surface area contributed by atoms with Crippen LogP contribution < -0.4 is 4.68 Å². The van der Waals surface area contributed by atoms with E-state index in [2.05, 4.69) is 277 Å². The fraction of sp³-hybridized carbons (Fsp3) is 0.0423. The van der Waals surface area contributed by atoms with Crippen LogP contribution in [0.4, 0.5) is 0 Å². The van der Waals surface area contributed by atoms with Gasteiger partial charge >= 0.3 is 0 Å². The molecule has 1 spiro atoms. The predicted octanol–water partition coefficient (Wildman–Crippen LogP) is 16.8. The number of rotatable bonds is 5. The molecule has 14 aromatic rings. The smallest absolute Gasteiger partial charge is 0.235 e. The van der Waals surface area contributed by atoms with E-state index >= 15 is 0 Å². The highest BCUT2D eigenvalue weighted by Gasteiger charge is 2.52. The second-order valence-corrected chi connectivity index (χ2v) is 20.5. The van der Waals surface area contributed by atoms with Gasteiger partial charge in [-0.1, -0.05) is 205 Å². The summed E-state index contributed by atoms with van der Waals surface area (Å²) in [5, 5.41) is 8.62. The molecule has 12 aromatic carbocycles. The highest BCUT2D eigenvalue weighted by atomic mass is 15.4. The molecule has 4 heteroatoms. The Labute approximate surface area is 434 Å². The lowest BCUT2D eigenvalue weighted by atomic mass is 9.70. The number of hydrogen-bond acceptors (Lipinski definition) is 1. The van der Waals surface area contributed by atoms with Crippen molar-refractivity contribution in [2.24, 2.45) is 14.1 Å². The molecule has 350 valence electrons. The van der Waals surface area contributed by atoms with Crippen LogP contribution in [0.25, 0.3) is 127 Å². The van der Waals surface area contributed by atoms with Crippen molar-refractivity contribution < 1.29 is 4.68 Å². The van der Waals surface area contributed by atoms with Crippen molar-refractivity contribution in [3.8, 4) is 72.7 Å². The third-order valence-corrected chi connectivity index (χ3v) is 16.8. The maximum atomic E-state index is 5.15. The monoisotopic (exact) mass is 955 g/mol. The van der Waals surface area contributed by atoms with E-state index in [-0.39, 0.29) is 0 Å². The number of hydrogen-bond donors (Lipinski definition) is 0. The molecular formula is C71H47N4+. The number of para-hydroxylation sites is 1. The average Bonchev–Trinajstić information content (AvgIpc) is 4.38.